The first-order chi connectivity index (χ1) is 16.3. The number of unbranched alkanes of at least 4 members (excludes halogenated alkanes) is 3. The maximum Gasteiger partial charge on any atom is 0.309 e. The van der Waals surface area contributed by atoms with E-state index < -0.39 is 0 Å². The van der Waals surface area contributed by atoms with Crippen molar-refractivity contribution in [1.29, 1.82) is 0 Å². The van der Waals surface area contributed by atoms with Crippen molar-refractivity contribution in [2.75, 3.05) is 0 Å². The van der Waals surface area contributed by atoms with Crippen LogP contribution in [0.1, 0.15) is 124 Å². The van der Waals surface area contributed by atoms with Gasteiger partial charge in [0.25, 0.3) is 0 Å². The van der Waals surface area contributed by atoms with Gasteiger partial charge in [-0.25, -0.2) is 0 Å². The summed E-state index contributed by atoms with van der Waals surface area (Å²) in [7, 11) is 0. The molecule has 0 radical (unpaired) electrons. The fourth-order valence-corrected chi connectivity index (χ4v) is 9.35. The van der Waals surface area contributed by atoms with Crippen molar-refractivity contribution >= 4 is 11.8 Å². The van der Waals surface area contributed by atoms with E-state index in [-0.39, 0.29) is 28.8 Å². The van der Waals surface area contributed by atoms with Crippen LogP contribution in [0.5, 0.6) is 0 Å². The Bertz CT molecular complexity index is 813. The molecule has 4 fully saturated rings. The normalized spacial score (nSPS) is 43.6. The van der Waals surface area contributed by atoms with E-state index >= 15 is 0 Å². The smallest absolute Gasteiger partial charge is 0.309 e. The van der Waals surface area contributed by atoms with Crippen molar-refractivity contribution in [3.05, 3.63) is 11.6 Å². The minimum absolute atomic E-state index is 0.118. The van der Waals surface area contributed by atoms with Gasteiger partial charge in [0.2, 0.25) is 0 Å². The third-order valence-electron chi connectivity index (χ3n) is 11.5. The molecule has 5 aliphatic carbocycles. The summed E-state index contributed by atoms with van der Waals surface area (Å²) in [4.78, 5) is 25.3. The molecule has 3 heteroatoms. The number of hydrogen-bond acceptors (Lipinski definition) is 3. The van der Waals surface area contributed by atoms with Crippen molar-refractivity contribution < 1.29 is 14.3 Å². The van der Waals surface area contributed by atoms with E-state index in [9.17, 15) is 9.59 Å². The van der Waals surface area contributed by atoms with Gasteiger partial charge in [0.1, 0.15) is 6.10 Å². The third-order valence-corrected chi connectivity index (χ3v) is 11.5. The molecule has 5 rings (SSSR count). The fraction of sp³-hybridized carbons (Fsp3) is 0.871. The number of fused-ring (bicyclic) bond motifs is 5. The van der Waals surface area contributed by atoms with Crippen LogP contribution in [0.15, 0.2) is 11.6 Å². The minimum atomic E-state index is 0.118. The lowest BCUT2D eigenvalue weighted by atomic mass is 9.47. The fourth-order valence-electron chi connectivity index (χ4n) is 9.35. The maximum absolute atomic E-state index is 13.2. The highest BCUT2D eigenvalue weighted by Gasteiger charge is 2.60. The molecule has 0 N–H and O–H groups in total. The second kappa shape index (κ2) is 9.74. The SMILES string of the molecule is CCCCCCC1CCC(C(=O)O[C@H]2CC[C@H]3[C@@H]4CCC5=CC(=O)CC[C@]5(C)[C@H]4CC[C@]23C)C1. The lowest BCUT2D eigenvalue weighted by molar-refractivity contribution is -0.164. The molecule has 0 bridgehead atoms. The predicted molar refractivity (Wildman–Crippen MR) is 136 cm³/mol. The highest BCUT2D eigenvalue weighted by molar-refractivity contribution is 5.91. The number of ketones is 1. The highest BCUT2D eigenvalue weighted by Crippen LogP contribution is 2.65. The van der Waals surface area contributed by atoms with Crippen LogP contribution in [0.3, 0.4) is 0 Å². The van der Waals surface area contributed by atoms with E-state index in [0.29, 0.717) is 17.6 Å². The summed E-state index contributed by atoms with van der Waals surface area (Å²) in [5, 5.41) is 0. The number of hydrogen-bond donors (Lipinski definition) is 0. The van der Waals surface area contributed by atoms with Gasteiger partial charge < -0.3 is 4.74 Å². The number of carbonyl (C=O) groups is 2. The monoisotopic (exact) mass is 468 g/mol. The number of rotatable bonds is 7. The molecule has 0 aromatic carbocycles. The summed E-state index contributed by atoms with van der Waals surface area (Å²) in [6.45, 7) is 7.17. The average Bonchev–Trinajstić information content (AvgIpc) is 3.42. The molecule has 5 aliphatic rings. The molecule has 0 amide bonds. The van der Waals surface area contributed by atoms with Crippen LogP contribution in [0, 0.1) is 40.4 Å². The Morgan fingerprint density at radius 1 is 0.971 bits per heavy atom. The number of carbonyl (C=O) groups excluding carboxylic acids is 2. The number of ether oxygens (including phenoxy) is 1. The Hall–Kier alpha value is -1.12. The zero-order valence-electron chi connectivity index (χ0n) is 22.1. The van der Waals surface area contributed by atoms with Gasteiger partial charge in [-0.05, 0) is 99.4 Å². The van der Waals surface area contributed by atoms with Gasteiger partial charge in [-0.15, -0.1) is 0 Å². The zero-order chi connectivity index (χ0) is 23.9. The third kappa shape index (κ3) is 4.32. The van der Waals surface area contributed by atoms with E-state index in [0.717, 1.165) is 50.4 Å². The quantitative estimate of drug-likeness (QED) is 0.282. The van der Waals surface area contributed by atoms with E-state index in [1.54, 1.807) is 0 Å². The molecule has 0 aromatic rings. The number of allylic oxidation sites excluding steroid dienone is 1. The van der Waals surface area contributed by atoms with Crippen molar-refractivity contribution in [2.24, 2.45) is 40.4 Å². The molecule has 0 aromatic heterocycles. The van der Waals surface area contributed by atoms with E-state index in [1.165, 1.54) is 69.8 Å². The Morgan fingerprint density at radius 2 is 1.82 bits per heavy atom. The highest BCUT2D eigenvalue weighted by atomic mass is 16.5. The first-order valence-electron chi connectivity index (χ1n) is 14.8. The van der Waals surface area contributed by atoms with Gasteiger partial charge in [0.05, 0.1) is 5.92 Å². The molecule has 0 spiro atoms. The molecule has 3 nitrogen and oxygen atoms in total. The summed E-state index contributed by atoms with van der Waals surface area (Å²) >= 11 is 0. The molecule has 0 saturated heterocycles. The lowest BCUT2D eigenvalue weighted by Crippen LogP contribution is -2.51. The zero-order valence-corrected chi connectivity index (χ0v) is 22.1. The van der Waals surface area contributed by atoms with Gasteiger partial charge in [0.15, 0.2) is 5.78 Å². The van der Waals surface area contributed by atoms with Crippen LogP contribution >= 0.6 is 0 Å². The van der Waals surface area contributed by atoms with E-state index in [1.807, 2.05) is 6.08 Å². The topological polar surface area (TPSA) is 43.4 Å². The van der Waals surface area contributed by atoms with Crippen LogP contribution in [-0.4, -0.2) is 17.9 Å². The molecule has 4 saturated carbocycles. The predicted octanol–water partition coefficient (Wildman–Crippen LogP) is 7.82. The van der Waals surface area contributed by atoms with Crippen LogP contribution < -0.4 is 0 Å². The summed E-state index contributed by atoms with van der Waals surface area (Å²) in [6.07, 6.45) is 20.8. The second-order valence-electron chi connectivity index (χ2n) is 13.2. The van der Waals surface area contributed by atoms with Gasteiger partial charge in [-0.3, -0.25) is 9.59 Å². The summed E-state index contributed by atoms with van der Waals surface area (Å²) in [5.41, 5.74) is 1.82. The van der Waals surface area contributed by atoms with Crippen LogP contribution in [-0.2, 0) is 14.3 Å². The average molecular weight is 469 g/mol. The maximum atomic E-state index is 13.2. The largest absolute Gasteiger partial charge is 0.462 e. The van der Waals surface area contributed by atoms with Crippen LogP contribution in [0.4, 0.5) is 0 Å². The second-order valence-corrected chi connectivity index (χ2v) is 13.2. The van der Waals surface area contributed by atoms with Crippen LogP contribution in [0.2, 0.25) is 0 Å². The Morgan fingerprint density at radius 3 is 2.65 bits per heavy atom. The first kappa shape index (κ1) is 24.6. The molecular weight excluding hydrogens is 420 g/mol. The van der Waals surface area contributed by atoms with Crippen molar-refractivity contribution in [2.45, 2.75) is 130 Å². The lowest BCUT2D eigenvalue weighted by Gasteiger charge is -2.57. The molecule has 0 heterocycles. The molecule has 2 unspecified atom stereocenters. The van der Waals surface area contributed by atoms with Gasteiger partial charge in [-0.2, -0.15) is 0 Å². The Kier molecular flexibility index (Phi) is 7.04. The minimum Gasteiger partial charge on any atom is -0.462 e. The van der Waals surface area contributed by atoms with Crippen LogP contribution in [0.25, 0.3) is 0 Å². The molecule has 0 aliphatic heterocycles. The number of esters is 1. The summed E-state index contributed by atoms with van der Waals surface area (Å²) in [5.74, 6) is 3.47. The Labute approximate surface area is 207 Å². The summed E-state index contributed by atoms with van der Waals surface area (Å²) in [6, 6.07) is 0. The standard InChI is InChI=1S/C31H48O3/c1-4-5-6-7-8-21-9-10-22(19-21)29(33)34-28-14-13-26-25-12-11-23-20-24(32)15-17-30(23,2)27(25)16-18-31(26,28)3/h20-22,25-28H,4-19H2,1-3H3/t21?,22?,25-,26-,27-,28-,30-,31-/m0/s1. The van der Waals surface area contributed by atoms with Crippen molar-refractivity contribution in [1.82, 2.24) is 0 Å². The van der Waals surface area contributed by atoms with Gasteiger partial charge in [0, 0.05) is 11.8 Å². The van der Waals surface area contributed by atoms with Crippen molar-refractivity contribution in [3.8, 4) is 0 Å². The molecule has 190 valence electrons. The van der Waals surface area contributed by atoms with E-state index in [2.05, 4.69) is 20.8 Å². The van der Waals surface area contributed by atoms with Crippen molar-refractivity contribution in [3.63, 3.8) is 0 Å². The van der Waals surface area contributed by atoms with E-state index in [4.69, 9.17) is 4.74 Å². The van der Waals surface area contributed by atoms with Gasteiger partial charge >= 0.3 is 5.97 Å². The molecule has 8 atom stereocenters. The Balaban J connectivity index is 1.19. The summed E-state index contributed by atoms with van der Waals surface area (Å²) < 4.78 is 6.39. The molecule has 34 heavy (non-hydrogen) atoms. The van der Waals surface area contributed by atoms with Gasteiger partial charge in [-0.1, -0.05) is 58.4 Å². The molecular formula is C31H48O3. The first-order valence-corrected chi connectivity index (χ1v) is 14.8.